The van der Waals surface area contributed by atoms with E-state index in [2.05, 4.69) is 25.9 Å². The van der Waals surface area contributed by atoms with E-state index in [0.717, 1.165) is 32.1 Å². The highest BCUT2D eigenvalue weighted by Gasteiger charge is 2.01. The standard InChI is InChI=1S/C17H12BrClN2/c18-14-6-1-12(2-7-14)3-10-17-20-11-16(21-17)13-4-8-15(19)9-5-13/h1-11H,(H,20,21)/b10-3+. The Kier molecular flexibility index (Phi) is 4.23. The van der Waals surface area contributed by atoms with Crippen molar-refractivity contribution in [2.24, 2.45) is 0 Å². The van der Waals surface area contributed by atoms with Crippen LogP contribution in [-0.4, -0.2) is 9.97 Å². The van der Waals surface area contributed by atoms with Crippen LogP contribution >= 0.6 is 27.5 Å². The number of hydrogen-bond donors (Lipinski definition) is 1. The molecule has 1 heterocycles. The molecular weight excluding hydrogens is 348 g/mol. The molecule has 2 nitrogen and oxygen atoms in total. The third kappa shape index (κ3) is 3.63. The number of nitrogens with zero attached hydrogens (tertiary/aromatic N) is 1. The van der Waals surface area contributed by atoms with Crippen molar-refractivity contribution in [3.63, 3.8) is 0 Å². The highest BCUT2D eigenvalue weighted by Crippen LogP contribution is 2.20. The molecule has 2 aromatic carbocycles. The van der Waals surface area contributed by atoms with Crippen LogP contribution in [0, 0.1) is 0 Å². The summed E-state index contributed by atoms with van der Waals surface area (Å²) in [7, 11) is 0. The Hall–Kier alpha value is -1.84. The fourth-order valence-electron chi connectivity index (χ4n) is 1.94. The van der Waals surface area contributed by atoms with Crippen LogP contribution in [0.1, 0.15) is 11.4 Å². The molecular formula is C17H12BrClN2. The second kappa shape index (κ2) is 6.29. The lowest BCUT2D eigenvalue weighted by Gasteiger charge is -1.95. The molecule has 0 amide bonds. The summed E-state index contributed by atoms with van der Waals surface area (Å²) in [6.07, 6.45) is 5.88. The Balaban J connectivity index is 1.78. The van der Waals surface area contributed by atoms with Crippen LogP contribution in [0.3, 0.4) is 0 Å². The first kappa shape index (κ1) is 14.1. The van der Waals surface area contributed by atoms with E-state index in [1.165, 1.54) is 0 Å². The smallest absolute Gasteiger partial charge is 0.130 e. The first-order valence-corrected chi connectivity index (χ1v) is 7.63. The number of aromatic nitrogens is 2. The fraction of sp³-hybridized carbons (Fsp3) is 0. The summed E-state index contributed by atoms with van der Waals surface area (Å²) in [6, 6.07) is 15.8. The van der Waals surface area contributed by atoms with E-state index >= 15 is 0 Å². The fourth-order valence-corrected chi connectivity index (χ4v) is 2.33. The van der Waals surface area contributed by atoms with E-state index < -0.39 is 0 Å². The summed E-state index contributed by atoms with van der Waals surface area (Å²) in [5, 5.41) is 0.727. The molecule has 0 saturated heterocycles. The van der Waals surface area contributed by atoms with Gasteiger partial charge in [0.1, 0.15) is 5.82 Å². The summed E-state index contributed by atoms with van der Waals surface area (Å²) >= 11 is 9.31. The second-order valence-electron chi connectivity index (χ2n) is 4.56. The predicted octanol–water partition coefficient (Wildman–Crippen LogP) is 5.66. The van der Waals surface area contributed by atoms with Crippen LogP contribution in [0.2, 0.25) is 5.02 Å². The molecule has 0 bridgehead atoms. The largest absolute Gasteiger partial charge is 0.344 e. The van der Waals surface area contributed by atoms with E-state index in [1.54, 1.807) is 0 Å². The van der Waals surface area contributed by atoms with Crippen LogP contribution in [0.4, 0.5) is 0 Å². The Bertz CT molecular complexity index is 758. The monoisotopic (exact) mass is 358 g/mol. The highest BCUT2D eigenvalue weighted by atomic mass is 79.9. The number of rotatable bonds is 3. The van der Waals surface area contributed by atoms with Crippen molar-refractivity contribution < 1.29 is 0 Å². The van der Waals surface area contributed by atoms with Gasteiger partial charge < -0.3 is 4.98 Å². The molecule has 21 heavy (non-hydrogen) atoms. The SMILES string of the molecule is Clc1ccc(-c2c[nH]c(/C=C/c3ccc(Br)cc3)n2)cc1. The first-order valence-electron chi connectivity index (χ1n) is 6.46. The number of imidazole rings is 1. The molecule has 0 aliphatic rings. The molecule has 0 fully saturated rings. The third-order valence-electron chi connectivity index (χ3n) is 3.04. The average Bonchev–Trinajstić information content (AvgIpc) is 2.96. The summed E-state index contributed by atoms with van der Waals surface area (Å²) in [5.41, 5.74) is 3.07. The van der Waals surface area contributed by atoms with Gasteiger partial charge in [-0.15, -0.1) is 0 Å². The summed E-state index contributed by atoms with van der Waals surface area (Å²) in [6.45, 7) is 0. The van der Waals surface area contributed by atoms with Crippen molar-refractivity contribution in [2.45, 2.75) is 0 Å². The summed E-state index contributed by atoms with van der Waals surface area (Å²) < 4.78 is 1.07. The third-order valence-corrected chi connectivity index (χ3v) is 3.82. The van der Waals surface area contributed by atoms with E-state index in [-0.39, 0.29) is 0 Å². The molecule has 0 aliphatic carbocycles. The zero-order chi connectivity index (χ0) is 14.7. The molecule has 1 N–H and O–H groups in total. The van der Waals surface area contributed by atoms with Gasteiger partial charge in [0.15, 0.2) is 0 Å². The van der Waals surface area contributed by atoms with Crippen molar-refractivity contribution in [3.8, 4) is 11.3 Å². The molecule has 4 heteroatoms. The lowest BCUT2D eigenvalue weighted by Crippen LogP contribution is -1.78. The van der Waals surface area contributed by atoms with Crippen molar-refractivity contribution in [1.82, 2.24) is 9.97 Å². The van der Waals surface area contributed by atoms with Gasteiger partial charge >= 0.3 is 0 Å². The number of benzene rings is 2. The summed E-state index contributed by atoms with van der Waals surface area (Å²) in [5.74, 6) is 0.822. The zero-order valence-corrected chi connectivity index (χ0v) is 13.4. The van der Waals surface area contributed by atoms with E-state index in [1.807, 2.05) is 66.9 Å². The van der Waals surface area contributed by atoms with Gasteiger partial charge in [0.2, 0.25) is 0 Å². The highest BCUT2D eigenvalue weighted by molar-refractivity contribution is 9.10. The Labute approximate surface area is 136 Å². The van der Waals surface area contributed by atoms with Gasteiger partial charge in [-0.1, -0.05) is 57.9 Å². The second-order valence-corrected chi connectivity index (χ2v) is 5.91. The Morgan fingerprint density at radius 3 is 2.38 bits per heavy atom. The lowest BCUT2D eigenvalue weighted by atomic mass is 10.2. The van der Waals surface area contributed by atoms with Gasteiger partial charge in [-0.2, -0.15) is 0 Å². The molecule has 0 atom stereocenters. The Morgan fingerprint density at radius 2 is 1.67 bits per heavy atom. The lowest BCUT2D eigenvalue weighted by molar-refractivity contribution is 1.27. The minimum absolute atomic E-state index is 0.727. The van der Waals surface area contributed by atoms with Gasteiger partial charge in [0, 0.05) is 21.3 Å². The number of aromatic amines is 1. The molecule has 0 radical (unpaired) electrons. The first-order chi connectivity index (χ1) is 10.2. The maximum Gasteiger partial charge on any atom is 0.130 e. The van der Waals surface area contributed by atoms with Crippen LogP contribution < -0.4 is 0 Å². The quantitative estimate of drug-likeness (QED) is 0.642. The summed E-state index contributed by atoms with van der Waals surface area (Å²) in [4.78, 5) is 7.71. The van der Waals surface area contributed by atoms with Crippen LogP contribution in [-0.2, 0) is 0 Å². The molecule has 0 saturated carbocycles. The van der Waals surface area contributed by atoms with Gasteiger partial charge in [0.25, 0.3) is 0 Å². The molecule has 0 unspecified atom stereocenters. The van der Waals surface area contributed by atoms with Crippen molar-refractivity contribution >= 4 is 39.7 Å². The maximum atomic E-state index is 5.89. The molecule has 104 valence electrons. The topological polar surface area (TPSA) is 28.7 Å². The van der Waals surface area contributed by atoms with E-state index in [4.69, 9.17) is 11.6 Å². The van der Waals surface area contributed by atoms with Crippen LogP contribution in [0.25, 0.3) is 23.4 Å². The van der Waals surface area contributed by atoms with Gasteiger partial charge in [0.05, 0.1) is 5.69 Å². The zero-order valence-electron chi connectivity index (χ0n) is 11.1. The van der Waals surface area contributed by atoms with Crippen molar-refractivity contribution in [3.05, 3.63) is 75.6 Å². The van der Waals surface area contributed by atoms with E-state index in [0.29, 0.717) is 0 Å². The average molecular weight is 360 g/mol. The molecule has 0 aliphatic heterocycles. The van der Waals surface area contributed by atoms with Crippen LogP contribution in [0.5, 0.6) is 0 Å². The molecule has 0 spiro atoms. The van der Waals surface area contributed by atoms with Crippen molar-refractivity contribution in [2.75, 3.05) is 0 Å². The van der Waals surface area contributed by atoms with E-state index in [9.17, 15) is 0 Å². The van der Waals surface area contributed by atoms with Gasteiger partial charge in [-0.3, -0.25) is 0 Å². The Morgan fingerprint density at radius 1 is 0.952 bits per heavy atom. The van der Waals surface area contributed by atoms with Gasteiger partial charge in [-0.05, 0) is 35.9 Å². The minimum atomic E-state index is 0.727. The predicted molar refractivity (Wildman–Crippen MR) is 92.1 cm³/mol. The number of H-pyrrole nitrogens is 1. The van der Waals surface area contributed by atoms with Gasteiger partial charge in [-0.25, -0.2) is 4.98 Å². The molecule has 3 aromatic rings. The number of nitrogens with one attached hydrogen (secondary N) is 1. The van der Waals surface area contributed by atoms with Crippen LogP contribution in [0.15, 0.2) is 59.2 Å². The minimum Gasteiger partial charge on any atom is -0.344 e. The molecule has 3 rings (SSSR count). The maximum absolute atomic E-state index is 5.89. The number of hydrogen-bond acceptors (Lipinski definition) is 1. The normalized spacial score (nSPS) is 11.1. The molecule has 1 aromatic heterocycles. The van der Waals surface area contributed by atoms with Crippen molar-refractivity contribution in [1.29, 1.82) is 0 Å². The number of halogens is 2.